The average molecular weight is 280 g/mol. The summed E-state index contributed by atoms with van der Waals surface area (Å²) in [6, 6.07) is 8.98. The summed E-state index contributed by atoms with van der Waals surface area (Å²) in [6.45, 7) is 0. The number of amides is 1. The van der Waals surface area contributed by atoms with Gasteiger partial charge in [0.15, 0.2) is 0 Å². The molecule has 1 heterocycles. The maximum atomic E-state index is 11.9. The van der Waals surface area contributed by atoms with E-state index in [1.165, 1.54) is 0 Å². The van der Waals surface area contributed by atoms with E-state index in [-0.39, 0.29) is 24.4 Å². The average Bonchev–Trinajstić information content (AvgIpc) is 2.99. The van der Waals surface area contributed by atoms with E-state index in [4.69, 9.17) is 5.73 Å². The molecule has 1 aliphatic carbocycles. The minimum absolute atomic E-state index is 0. The Morgan fingerprint density at radius 2 is 2.11 bits per heavy atom. The molecule has 0 saturated heterocycles. The lowest BCUT2D eigenvalue weighted by Gasteiger charge is -2.15. The second kappa shape index (κ2) is 4.99. The van der Waals surface area contributed by atoms with Gasteiger partial charge in [-0.05, 0) is 24.6 Å². The van der Waals surface area contributed by atoms with Gasteiger partial charge in [-0.2, -0.15) is 5.11 Å². The molecule has 3 rings (SSSR count). The molecular formula is C12H14ClN5O. The third-order valence-corrected chi connectivity index (χ3v) is 3.11. The normalized spacial score (nSPS) is 27.0. The van der Waals surface area contributed by atoms with E-state index in [2.05, 4.69) is 21.1 Å². The van der Waals surface area contributed by atoms with Crippen molar-refractivity contribution in [3.05, 3.63) is 47.8 Å². The topological polar surface area (TPSA) is 91.9 Å². The zero-order chi connectivity index (χ0) is 12.6. The van der Waals surface area contributed by atoms with Gasteiger partial charge in [-0.3, -0.25) is 4.79 Å². The molecule has 7 heteroatoms. The Bertz CT molecular complexity index is 544. The molecule has 0 radical (unpaired) electrons. The molecule has 2 aliphatic rings. The Hall–Kier alpha value is -1.92. The second-order valence-electron chi connectivity index (χ2n) is 4.49. The molecule has 1 amide bonds. The van der Waals surface area contributed by atoms with Crippen LogP contribution in [-0.4, -0.2) is 17.5 Å². The van der Waals surface area contributed by atoms with Crippen molar-refractivity contribution in [2.45, 2.75) is 18.0 Å². The van der Waals surface area contributed by atoms with E-state index >= 15 is 0 Å². The minimum atomic E-state index is -0.412. The van der Waals surface area contributed by atoms with Crippen LogP contribution in [0.4, 0.5) is 0 Å². The van der Waals surface area contributed by atoms with Crippen LogP contribution in [0.5, 0.6) is 0 Å². The van der Waals surface area contributed by atoms with Gasteiger partial charge in [0, 0.05) is 11.6 Å². The summed E-state index contributed by atoms with van der Waals surface area (Å²) in [4.78, 5) is 11.9. The van der Waals surface area contributed by atoms with Crippen LogP contribution in [-0.2, 0) is 0 Å². The number of carbonyl (C=O) groups is 1. The second-order valence-corrected chi connectivity index (χ2v) is 4.49. The highest BCUT2D eigenvalue weighted by atomic mass is 35.5. The van der Waals surface area contributed by atoms with Crippen LogP contribution in [0.15, 0.2) is 52.6 Å². The molecule has 100 valence electrons. The predicted octanol–water partition coefficient (Wildman–Crippen LogP) is 1.12. The summed E-state index contributed by atoms with van der Waals surface area (Å²) in [6.07, 6.45) is 2.59. The molecule has 19 heavy (non-hydrogen) atoms. The molecule has 4 N–H and O–H groups in total. The van der Waals surface area contributed by atoms with E-state index < -0.39 is 5.54 Å². The number of hydrogen-bond donors (Lipinski definition) is 3. The van der Waals surface area contributed by atoms with Gasteiger partial charge >= 0.3 is 0 Å². The fraction of sp³-hybridized carbons (Fsp3) is 0.250. The summed E-state index contributed by atoms with van der Waals surface area (Å²) < 4.78 is 0. The Morgan fingerprint density at radius 1 is 1.42 bits per heavy atom. The van der Waals surface area contributed by atoms with Gasteiger partial charge in [-0.25, -0.2) is 5.43 Å². The quantitative estimate of drug-likeness (QED) is 0.757. The molecule has 1 aromatic carbocycles. The Kier molecular flexibility index (Phi) is 3.55. The number of carbonyl (C=O) groups excluding carboxylic acids is 1. The number of nitrogens with one attached hydrogen (secondary N) is 2. The number of nitrogens with two attached hydrogens (primary N) is 1. The first-order valence-corrected chi connectivity index (χ1v) is 5.72. The Labute approximate surface area is 116 Å². The molecule has 0 unspecified atom stereocenters. The van der Waals surface area contributed by atoms with E-state index in [1.54, 1.807) is 12.1 Å². The highest BCUT2D eigenvalue weighted by molar-refractivity contribution is 5.95. The summed E-state index contributed by atoms with van der Waals surface area (Å²) in [5, 5.41) is 10.6. The molecule has 1 spiro atoms. The lowest BCUT2D eigenvalue weighted by molar-refractivity contribution is 0.0962. The monoisotopic (exact) mass is 279 g/mol. The first kappa shape index (κ1) is 13.5. The summed E-state index contributed by atoms with van der Waals surface area (Å²) in [5.41, 5.74) is 8.65. The van der Waals surface area contributed by atoms with Gasteiger partial charge in [-0.15, -0.1) is 12.4 Å². The zero-order valence-corrected chi connectivity index (χ0v) is 10.9. The van der Waals surface area contributed by atoms with Crippen LogP contribution < -0.4 is 16.5 Å². The Balaban J connectivity index is 0.00000133. The number of benzene rings is 1. The molecule has 6 nitrogen and oxygen atoms in total. The predicted molar refractivity (Wildman–Crippen MR) is 72.6 cm³/mol. The van der Waals surface area contributed by atoms with Crippen molar-refractivity contribution in [2.24, 2.45) is 16.1 Å². The Morgan fingerprint density at radius 3 is 2.74 bits per heavy atom. The summed E-state index contributed by atoms with van der Waals surface area (Å²) in [7, 11) is 0. The fourth-order valence-corrected chi connectivity index (χ4v) is 1.91. The van der Waals surface area contributed by atoms with Gasteiger partial charge in [-0.1, -0.05) is 23.4 Å². The lowest BCUT2D eigenvalue weighted by Crippen LogP contribution is -2.33. The molecule has 2 atom stereocenters. The van der Waals surface area contributed by atoms with E-state index in [0.29, 0.717) is 11.4 Å². The van der Waals surface area contributed by atoms with Crippen molar-refractivity contribution in [1.82, 2.24) is 10.7 Å². The molecular weight excluding hydrogens is 266 g/mol. The largest absolute Gasteiger partial charge is 0.325 e. The highest BCUT2D eigenvalue weighted by Gasteiger charge is 2.53. The third-order valence-electron chi connectivity index (χ3n) is 3.11. The maximum absolute atomic E-state index is 11.9. The van der Waals surface area contributed by atoms with E-state index in [1.807, 2.05) is 24.3 Å². The van der Waals surface area contributed by atoms with Gasteiger partial charge < -0.3 is 11.1 Å². The van der Waals surface area contributed by atoms with Crippen LogP contribution in [0.25, 0.3) is 0 Å². The van der Waals surface area contributed by atoms with Gasteiger partial charge in [0.25, 0.3) is 5.91 Å². The van der Waals surface area contributed by atoms with Crippen LogP contribution in [0.1, 0.15) is 16.8 Å². The van der Waals surface area contributed by atoms with Crippen molar-refractivity contribution >= 4 is 18.3 Å². The SMILES string of the molecule is Cl.N[C@@H]1C[C@]12C=C(NC(=O)c1ccccc1)NN=N2. The zero-order valence-electron chi connectivity index (χ0n) is 10.0. The standard InChI is InChI=1S/C12H13N5O.ClH/c13-9-6-12(9)7-10(15-17-16-12)14-11(18)8-4-2-1-3-5-8;/h1-5,7,9H,6,13H2,(H,14,18)(H,15,16);1H/t9-,12+;/m1./s1. The summed E-state index contributed by atoms with van der Waals surface area (Å²) >= 11 is 0. The van der Waals surface area contributed by atoms with Crippen molar-refractivity contribution in [3.8, 4) is 0 Å². The maximum Gasteiger partial charge on any atom is 0.256 e. The van der Waals surface area contributed by atoms with Crippen LogP contribution >= 0.6 is 12.4 Å². The molecule has 1 saturated carbocycles. The van der Waals surface area contributed by atoms with E-state index in [9.17, 15) is 4.79 Å². The first-order chi connectivity index (χ1) is 8.70. The third kappa shape index (κ3) is 2.59. The number of nitrogens with zero attached hydrogens (tertiary/aromatic N) is 2. The number of halogens is 1. The van der Waals surface area contributed by atoms with Gasteiger partial charge in [0.1, 0.15) is 11.4 Å². The molecule has 1 fully saturated rings. The fourth-order valence-electron chi connectivity index (χ4n) is 1.91. The van der Waals surface area contributed by atoms with Crippen molar-refractivity contribution in [2.75, 3.05) is 0 Å². The number of hydrogen-bond acceptors (Lipinski definition) is 5. The van der Waals surface area contributed by atoms with Crippen molar-refractivity contribution in [3.63, 3.8) is 0 Å². The van der Waals surface area contributed by atoms with Crippen molar-refractivity contribution in [1.29, 1.82) is 0 Å². The minimum Gasteiger partial charge on any atom is -0.325 e. The van der Waals surface area contributed by atoms with Crippen molar-refractivity contribution < 1.29 is 4.79 Å². The lowest BCUT2D eigenvalue weighted by atomic mass is 10.2. The highest BCUT2D eigenvalue weighted by Crippen LogP contribution is 2.41. The molecule has 1 aliphatic heterocycles. The molecule has 1 aromatic rings. The smallest absolute Gasteiger partial charge is 0.256 e. The van der Waals surface area contributed by atoms with Crippen LogP contribution in [0.3, 0.4) is 0 Å². The first-order valence-electron chi connectivity index (χ1n) is 5.72. The number of rotatable bonds is 2. The van der Waals surface area contributed by atoms with Gasteiger partial charge in [0.05, 0.1) is 0 Å². The van der Waals surface area contributed by atoms with E-state index in [0.717, 1.165) is 6.42 Å². The van der Waals surface area contributed by atoms with Crippen LogP contribution in [0, 0.1) is 0 Å². The van der Waals surface area contributed by atoms with Gasteiger partial charge in [0.2, 0.25) is 0 Å². The van der Waals surface area contributed by atoms with Crippen LogP contribution in [0.2, 0.25) is 0 Å². The summed E-state index contributed by atoms with van der Waals surface area (Å²) in [5.74, 6) is 0.350. The molecule has 0 aromatic heterocycles. The molecule has 0 bridgehead atoms.